The van der Waals surface area contributed by atoms with Crippen LogP contribution >= 0.6 is 0 Å². The average Bonchev–Trinajstić information content (AvgIpc) is 3.07. The van der Waals surface area contributed by atoms with E-state index in [1.165, 1.54) is 6.07 Å². The van der Waals surface area contributed by atoms with E-state index in [9.17, 15) is 9.90 Å². The summed E-state index contributed by atoms with van der Waals surface area (Å²) in [5, 5.41) is 14.4. The Hall–Kier alpha value is -3.08. The molecule has 2 aromatic carbocycles. The Bertz CT molecular complexity index is 1140. The maximum absolute atomic E-state index is 15.3. The van der Waals surface area contributed by atoms with Crippen LogP contribution in [-0.4, -0.2) is 35.1 Å². The summed E-state index contributed by atoms with van der Waals surface area (Å²) >= 11 is 0. The first kappa shape index (κ1) is 19.2. The van der Waals surface area contributed by atoms with Crippen LogP contribution in [0.2, 0.25) is 0 Å². The highest BCUT2D eigenvalue weighted by atomic mass is 19.1. The quantitative estimate of drug-likeness (QED) is 0.406. The Balaban J connectivity index is 1.82. The van der Waals surface area contributed by atoms with Crippen molar-refractivity contribution >= 4 is 33.4 Å². The van der Waals surface area contributed by atoms with Gasteiger partial charge in [-0.1, -0.05) is 24.1 Å². The van der Waals surface area contributed by atoms with E-state index in [1.807, 2.05) is 29.2 Å². The number of hydrogen-bond donors (Lipinski definition) is 4. The van der Waals surface area contributed by atoms with Crippen LogP contribution in [0.25, 0.3) is 21.8 Å². The number of halogens is 1. The zero-order valence-electron chi connectivity index (χ0n) is 16.1. The highest BCUT2D eigenvalue weighted by Crippen LogP contribution is 2.39. The number of aromatic nitrogens is 1. The van der Waals surface area contributed by atoms with Crippen LogP contribution in [-0.2, 0) is 4.79 Å². The van der Waals surface area contributed by atoms with Gasteiger partial charge in [0.15, 0.2) is 0 Å². The molecule has 0 unspecified atom stereocenters. The molecule has 0 saturated carbocycles. The molecule has 0 spiro atoms. The predicted octanol–water partition coefficient (Wildman–Crippen LogP) is 2.52. The minimum absolute atomic E-state index is 0.114. The van der Waals surface area contributed by atoms with Crippen molar-refractivity contribution in [2.24, 2.45) is 5.73 Å². The molecule has 1 aliphatic rings. The molecule has 4 rings (SSSR count). The molecule has 29 heavy (non-hydrogen) atoms. The Morgan fingerprint density at radius 3 is 3.00 bits per heavy atom. The largest absolute Gasteiger partial charge is 0.374 e. The van der Waals surface area contributed by atoms with E-state index in [4.69, 9.17) is 5.73 Å². The van der Waals surface area contributed by atoms with Gasteiger partial charge in [-0.05, 0) is 37.8 Å². The number of aromatic amines is 1. The number of nitrogens with two attached hydrogens (primary N) is 1. The second-order valence-corrected chi connectivity index (χ2v) is 7.30. The fourth-order valence-corrected chi connectivity index (χ4v) is 4.18. The third kappa shape index (κ3) is 3.53. The van der Waals surface area contributed by atoms with E-state index >= 15 is 4.39 Å². The molecule has 1 saturated heterocycles. The number of aliphatic hydroxyl groups is 1. The Morgan fingerprint density at radius 2 is 2.24 bits per heavy atom. The summed E-state index contributed by atoms with van der Waals surface area (Å²) < 4.78 is 15.3. The van der Waals surface area contributed by atoms with Crippen LogP contribution in [0.3, 0.4) is 0 Å². The Kier molecular flexibility index (Phi) is 5.14. The van der Waals surface area contributed by atoms with Crippen molar-refractivity contribution in [1.82, 2.24) is 10.3 Å². The number of amides is 1. The number of rotatable bonds is 3. The number of fused-ring (bicyclic) bond motifs is 3. The van der Waals surface area contributed by atoms with E-state index < -0.39 is 12.0 Å². The second-order valence-electron chi connectivity index (χ2n) is 7.30. The summed E-state index contributed by atoms with van der Waals surface area (Å²) in [6.07, 6.45) is 0.330. The lowest BCUT2D eigenvalue weighted by Gasteiger charge is -2.35. The number of nitrogens with one attached hydrogen (secondary N) is 2. The smallest absolute Gasteiger partial charge is 0.296 e. The molecule has 1 fully saturated rings. The highest BCUT2D eigenvalue weighted by Gasteiger charge is 2.27. The van der Waals surface area contributed by atoms with E-state index in [0.29, 0.717) is 35.2 Å². The number of nitrogens with zero attached hydrogens (tertiary/aromatic N) is 1. The van der Waals surface area contributed by atoms with E-state index in [0.717, 1.165) is 23.7 Å². The van der Waals surface area contributed by atoms with Crippen molar-refractivity contribution in [2.75, 3.05) is 18.0 Å². The number of benzene rings is 2. The zero-order valence-corrected chi connectivity index (χ0v) is 16.1. The van der Waals surface area contributed by atoms with Gasteiger partial charge in [0.05, 0.1) is 11.2 Å². The highest BCUT2D eigenvalue weighted by molar-refractivity contribution is 6.14. The number of carbonyl (C=O) groups is 1. The van der Waals surface area contributed by atoms with Gasteiger partial charge >= 0.3 is 0 Å². The Labute approximate surface area is 167 Å². The maximum atomic E-state index is 15.3. The molecule has 0 bridgehead atoms. The first-order valence-corrected chi connectivity index (χ1v) is 9.64. The van der Waals surface area contributed by atoms with Crippen molar-refractivity contribution < 1.29 is 14.3 Å². The molecular weight excluding hydrogens is 371 g/mol. The average molecular weight is 394 g/mol. The number of anilines is 1. The summed E-state index contributed by atoms with van der Waals surface area (Å²) in [5.41, 5.74) is 7.95. The molecule has 1 aliphatic heterocycles. The fourth-order valence-electron chi connectivity index (χ4n) is 4.18. The normalized spacial score (nSPS) is 17.8. The predicted molar refractivity (Wildman–Crippen MR) is 112 cm³/mol. The molecule has 2 atom stereocenters. The molecule has 1 amide bonds. The SMILES string of the molecule is CC#CC(=O)N[C@@H]1CCCN(c2c(F)cc([C@H](N)O)c3[nH]c4ccccc4c23)C1. The van der Waals surface area contributed by atoms with Gasteiger partial charge in [0.1, 0.15) is 12.0 Å². The second kappa shape index (κ2) is 7.74. The van der Waals surface area contributed by atoms with Crippen LogP contribution in [0.1, 0.15) is 31.6 Å². The topological polar surface area (TPSA) is 94.4 Å². The first-order chi connectivity index (χ1) is 14.0. The van der Waals surface area contributed by atoms with Crippen molar-refractivity contribution in [2.45, 2.75) is 32.0 Å². The van der Waals surface area contributed by atoms with Crippen molar-refractivity contribution in [3.05, 3.63) is 41.7 Å². The van der Waals surface area contributed by atoms with Crippen molar-refractivity contribution in [3.8, 4) is 11.8 Å². The molecule has 5 N–H and O–H groups in total. The van der Waals surface area contributed by atoms with Crippen LogP contribution in [0, 0.1) is 17.7 Å². The van der Waals surface area contributed by atoms with Gasteiger partial charge in [-0.25, -0.2) is 4.39 Å². The number of para-hydroxylation sites is 1. The monoisotopic (exact) mass is 394 g/mol. The van der Waals surface area contributed by atoms with Crippen LogP contribution < -0.4 is 16.0 Å². The van der Waals surface area contributed by atoms with Gasteiger partial charge in [0, 0.05) is 41.0 Å². The van der Waals surface area contributed by atoms with Gasteiger partial charge in [0.25, 0.3) is 5.91 Å². The van der Waals surface area contributed by atoms with Gasteiger partial charge in [0.2, 0.25) is 0 Å². The van der Waals surface area contributed by atoms with Crippen molar-refractivity contribution in [3.63, 3.8) is 0 Å². The number of piperidine rings is 1. The third-order valence-corrected chi connectivity index (χ3v) is 5.37. The number of hydrogen-bond acceptors (Lipinski definition) is 4. The molecular formula is C22H23FN4O2. The maximum Gasteiger partial charge on any atom is 0.296 e. The van der Waals surface area contributed by atoms with Crippen LogP contribution in [0.4, 0.5) is 10.1 Å². The molecule has 150 valence electrons. The number of aliphatic hydroxyl groups excluding tert-OH is 1. The molecule has 2 heterocycles. The lowest BCUT2D eigenvalue weighted by molar-refractivity contribution is -0.116. The summed E-state index contributed by atoms with van der Waals surface area (Å²) in [5.74, 6) is 4.32. The third-order valence-electron chi connectivity index (χ3n) is 5.37. The molecule has 7 heteroatoms. The lowest BCUT2D eigenvalue weighted by atomic mass is 10.0. The molecule has 3 aromatic rings. The van der Waals surface area contributed by atoms with Crippen LogP contribution in [0.15, 0.2) is 30.3 Å². The molecule has 0 radical (unpaired) electrons. The summed E-state index contributed by atoms with van der Waals surface area (Å²) in [4.78, 5) is 17.1. The Morgan fingerprint density at radius 1 is 1.45 bits per heavy atom. The van der Waals surface area contributed by atoms with Gasteiger partial charge in [-0.2, -0.15) is 0 Å². The molecule has 6 nitrogen and oxygen atoms in total. The molecule has 1 aromatic heterocycles. The minimum atomic E-state index is -1.30. The van der Waals surface area contributed by atoms with E-state index in [2.05, 4.69) is 22.1 Å². The zero-order chi connectivity index (χ0) is 20.5. The minimum Gasteiger partial charge on any atom is -0.374 e. The number of H-pyrrole nitrogens is 1. The summed E-state index contributed by atoms with van der Waals surface area (Å²) in [7, 11) is 0. The van der Waals surface area contributed by atoms with Crippen LogP contribution in [0.5, 0.6) is 0 Å². The fraction of sp³-hybridized carbons (Fsp3) is 0.318. The van der Waals surface area contributed by atoms with Gasteiger partial charge in [-0.15, -0.1) is 0 Å². The van der Waals surface area contributed by atoms with E-state index in [1.54, 1.807) is 6.92 Å². The molecule has 0 aliphatic carbocycles. The lowest BCUT2D eigenvalue weighted by Crippen LogP contribution is -2.47. The van der Waals surface area contributed by atoms with Crippen molar-refractivity contribution in [1.29, 1.82) is 0 Å². The summed E-state index contributed by atoms with van der Waals surface area (Å²) in [6.45, 7) is 2.76. The number of carbonyl (C=O) groups excluding carboxylic acids is 1. The standard InChI is InChI=1S/C22H23FN4O2/c1-2-6-18(28)25-13-7-5-10-27(12-13)21-16(23)11-15(22(24)29)20-19(21)14-8-3-4-9-17(14)26-20/h3-4,8-9,11,13,22,26,29H,5,7,10,12,24H2,1H3,(H,25,28)/t13-,22-/m1/s1. The van der Waals surface area contributed by atoms with E-state index in [-0.39, 0.29) is 11.9 Å². The van der Waals surface area contributed by atoms with Gasteiger partial charge in [-0.3, -0.25) is 4.79 Å². The summed E-state index contributed by atoms with van der Waals surface area (Å²) in [6, 6.07) is 8.80. The first-order valence-electron chi connectivity index (χ1n) is 9.64. The van der Waals surface area contributed by atoms with Gasteiger partial charge < -0.3 is 26.0 Å².